The number of rotatable bonds is 6. The van der Waals surface area contributed by atoms with Gasteiger partial charge in [0.15, 0.2) is 0 Å². The van der Waals surface area contributed by atoms with E-state index in [9.17, 15) is 10.1 Å². The molecule has 0 fully saturated rings. The number of non-ortho nitro benzene ring substituents is 1. The van der Waals surface area contributed by atoms with E-state index in [0.29, 0.717) is 6.42 Å². The Bertz CT molecular complexity index is 555. The van der Waals surface area contributed by atoms with Crippen LogP contribution in [0.15, 0.2) is 54.6 Å². The van der Waals surface area contributed by atoms with E-state index in [-0.39, 0.29) is 18.3 Å². The zero-order valence-corrected chi connectivity index (χ0v) is 10.9. The molecular formula is C15H16N2O3. The van der Waals surface area contributed by atoms with Crippen molar-refractivity contribution in [1.29, 1.82) is 0 Å². The van der Waals surface area contributed by atoms with Crippen molar-refractivity contribution in [2.24, 2.45) is 0 Å². The summed E-state index contributed by atoms with van der Waals surface area (Å²) < 4.78 is 0. The van der Waals surface area contributed by atoms with Gasteiger partial charge in [-0.25, -0.2) is 0 Å². The molecule has 0 heterocycles. The maximum atomic E-state index is 10.6. The number of nitrogens with zero attached hydrogens (tertiary/aromatic N) is 1. The number of hydrogen-bond donors (Lipinski definition) is 2. The van der Waals surface area contributed by atoms with Crippen molar-refractivity contribution >= 4 is 11.4 Å². The highest BCUT2D eigenvalue weighted by Crippen LogP contribution is 2.23. The van der Waals surface area contributed by atoms with Gasteiger partial charge in [-0.3, -0.25) is 10.1 Å². The highest BCUT2D eigenvalue weighted by molar-refractivity contribution is 5.50. The van der Waals surface area contributed by atoms with Crippen LogP contribution in [0.2, 0.25) is 0 Å². The maximum absolute atomic E-state index is 10.6. The zero-order valence-electron chi connectivity index (χ0n) is 10.9. The molecule has 20 heavy (non-hydrogen) atoms. The van der Waals surface area contributed by atoms with Crippen molar-refractivity contribution in [2.75, 3.05) is 11.9 Å². The van der Waals surface area contributed by atoms with Crippen LogP contribution in [-0.4, -0.2) is 16.6 Å². The number of nitro benzene ring substituents is 1. The lowest BCUT2D eigenvalue weighted by Crippen LogP contribution is -2.12. The van der Waals surface area contributed by atoms with E-state index < -0.39 is 4.92 Å². The van der Waals surface area contributed by atoms with E-state index >= 15 is 0 Å². The summed E-state index contributed by atoms with van der Waals surface area (Å²) in [6, 6.07) is 16.0. The van der Waals surface area contributed by atoms with Crippen LogP contribution in [-0.2, 0) is 0 Å². The molecule has 0 aliphatic rings. The summed E-state index contributed by atoms with van der Waals surface area (Å²) in [5, 5.41) is 23.1. The van der Waals surface area contributed by atoms with Gasteiger partial charge >= 0.3 is 0 Å². The number of nitrogens with one attached hydrogen (secondary N) is 1. The third kappa shape index (κ3) is 3.55. The number of nitro groups is 1. The van der Waals surface area contributed by atoms with Crippen LogP contribution < -0.4 is 5.32 Å². The Balaban J connectivity index is 2.14. The van der Waals surface area contributed by atoms with E-state index in [4.69, 9.17) is 5.11 Å². The molecule has 0 aromatic heterocycles. The van der Waals surface area contributed by atoms with Crippen LogP contribution in [0.1, 0.15) is 18.0 Å². The van der Waals surface area contributed by atoms with E-state index in [1.807, 2.05) is 30.3 Å². The molecule has 0 spiro atoms. The summed E-state index contributed by atoms with van der Waals surface area (Å²) >= 11 is 0. The topological polar surface area (TPSA) is 75.4 Å². The normalized spacial score (nSPS) is 11.8. The summed E-state index contributed by atoms with van der Waals surface area (Å²) in [5.74, 6) is 0. The Morgan fingerprint density at radius 1 is 1.10 bits per heavy atom. The average Bonchev–Trinajstić information content (AvgIpc) is 2.48. The molecule has 1 atom stereocenters. The van der Waals surface area contributed by atoms with E-state index in [1.165, 1.54) is 12.1 Å². The van der Waals surface area contributed by atoms with Crippen molar-refractivity contribution in [3.05, 3.63) is 70.3 Å². The van der Waals surface area contributed by atoms with Crippen LogP contribution in [0.5, 0.6) is 0 Å². The minimum atomic E-state index is -0.424. The van der Waals surface area contributed by atoms with Gasteiger partial charge in [0.25, 0.3) is 5.69 Å². The van der Waals surface area contributed by atoms with Gasteiger partial charge in [-0.05, 0) is 24.1 Å². The first-order valence-corrected chi connectivity index (χ1v) is 6.37. The number of benzene rings is 2. The van der Waals surface area contributed by atoms with Crippen molar-refractivity contribution in [3.63, 3.8) is 0 Å². The first-order chi connectivity index (χ1) is 9.70. The molecule has 0 amide bonds. The quantitative estimate of drug-likeness (QED) is 0.625. The molecule has 5 nitrogen and oxygen atoms in total. The summed E-state index contributed by atoms with van der Waals surface area (Å²) in [6.07, 6.45) is 0.570. The van der Waals surface area contributed by atoms with Crippen molar-refractivity contribution in [2.45, 2.75) is 12.5 Å². The van der Waals surface area contributed by atoms with E-state index in [0.717, 1.165) is 11.3 Å². The predicted molar refractivity (Wildman–Crippen MR) is 77.6 cm³/mol. The lowest BCUT2D eigenvalue weighted by atomic mass is 10.0. The number of anilines is 1. The smallest absolute Gasteiger partial charge is 0.269 e. The van der Waals surface area contributed by atoms with Crippen LogP contribution in [0.3, 0.4) is 0 Å². The second kappa shape index (κ2) is 6.68. The molecule has 2 aromatic rings. The summed E-state index contributed by atoms with van der Waals surface area (Å²) in [7, 11) is 0. The van der Waals surface area contributed by atoms with Gasteiger partial charge in [-0.1, -0.05) is 30.3 Å². The molecule has 0 radical (unpaired) electrons. The first kappa shape index (κ1) is 14.0. The molecule has 2 aromatic carbocycles. The molecule has 0 aliphatic heterocycles. The third-order valence-electron chi connectivity index (χ3n) is 3.04. The van der Waals surface area contributed by atoms with Crippen molar-refractivity contribution < 1.29 is 10.0 Å². The predicted octanol–water partition coefficient (Wildman–Crippen LogP) is 3.13. The fourth-order valence-corrected chi connectivity index (χ4v) is 2.02. The van der Waals surface area contributed by atoms with E-state index in [2.05, 4.69) is 5.32 Å². The standard InChI is InChI=1S/C15H16N2O3/c18-11-10-15(12-4-2-1-3-5-12)16-13-6-8-14(9-7-13)17(19)20/h1-9,15-16,18H,10-11H2/t15-/m0/s1. The summed E-state index contributed by atoms with van der Waals surface area (Å²) in [6.45, 7) is 0.0690. The largest absolute Gasteiger partial charge is 0.396 e. The lowest BCUT2D eigenvalue weighted by Gasteiger charge is -2.19. The summed E-state index contributed by atoms with van der Waals surface area (Å²) in [5.41, 5.74) is 1.92. The van der Waals surface area contributed by atoms with Crippen molar-refractivity contribution in [3.8, 4) is 0 Å². The van der Waals surface area contributed by atoms with Gasteiger partial charge in [0.2, 0.25) is 0 Å². The molecule has 0 aliphatic carbocycles. The van der Waals surface area contributed by atoms with Gasteiger partial charge in [-0.15, -0.1) is 0 Å². The van der Waals surface area contributed by atoms with Crippen LogP contribution >= 0.6 is 0 Å². The molecule has 104 valence electrons. The minimum Gasteiger partial charge on any atom is -0.396 e. The van der Waals surface area contributed by atoms with E-state index in [1.54, 1.807) is 12.1 Å². The first-order valence-electron chi connectivity index (χ1n) is 6.37. The Kier molecular flexibility index (Phi) is 4.68. The maximum Gasteiger partial charge on any atom is 0.269 e. The molecular weight excluding hydrogens is 256 g/mol. The molecule has 0 bridgehead atoms. The monoisotopic (exact) mass is 272 g/mol. The molecule has 5 heteroatoms. The Hall–Kier alpha value is -2.40. The minimum absolute atomic E-state index is 0.0253. The van der Waals surface area contributed by atoms with Crippen LogP contribution in [0, 0.1) is 10.1 Å². The fourth-order valence-electron chi connectivity index (χ4n) is 2.02. The fraction of sp³-hybridized carbons (Fsp3) is 0.200. The second-order valence-corrected chi connectivity index (χ2v) is 4.42. The molecule has 0 saturated heterocycles. The highest BCUT2D eigenvalue weighted by atomic mass is 16.6. The van der Waals surface area contributed by atoms with Gasteiger partial charge in [0.05, 0.1) is 11.0 Å². The van der Waals surface area contributed by atoms with Crippen molar-refractivity contribution in [1.82, 2.24) is 0 Å². The second-order valence-electron chi connectivity index (χ2n) is 4.42. The molecule has 2 N–H and O–H groups in total. The molecule has 2 rings (SSSR count). The highest BCUT2D eigenvalue weighted by Gasteiger charge is 2.11. The molecule has 0 unspecified atom stereocenters. The average molecular weight is 272 g/mol. The Labute approximate surface area is 117 Å². The summed E-state index contributed by atoms with van der Waals surface area (Å²) in [4.78, 5) is 10.2. The third-order valence-corrected chi connectivity index (χ3v) is 3.04. The Morgan fingerprint density at radius 2 is 1.75 bits per heavy atom. The van der Waals surface area contributed by atoms with Crippen LogP contribution in [0.25, 0.3) is 0 Å². The Morgan fingerprint density at radius 3 is 2.30 bits per heavy atom. The number of aliphatic hydroxyl groups is 1. The van der Waals surface area contributed by atoms with Crippen LogP contribution in [0.4, 0.5) is 11.4 Å². The SMILES string of the molecule is O=[N+]([O-])c1ccc(N[C@@H](CCO)c2ccccc2)cc1. The van der Waals surface area contributed by atoms with Gasteiger partial charge < -0.3 is 10.4 Å². The van der Waals surface area contributed by atoms with Gasteiger partial charge in [0, 0.05) is 24.4 Å². The number of hydrogen-bond acceptors (Lipinski definition) is 4. The van der Waals surface area contributed by atoms with Gasteiger partial charge in [0.1, 0.15) is 0 Å². The lowest BCUT2D eigenvalue weighted by molar-refractivity contribution is -0.384. The molecule has 0 saturated carbocycles. The zero-order chi connectivity index (χ0) is 14.4. The van der Waals surface area contributed by atoms with Gasteiger partial charge in [-0.2, -0.15) is 0 Å². The number of aliphatic hydroxyl groups excluding tert-OH is 1.